The molecule has 50 heavy (non-hydrogen) atoms. The fourth-order valence-corrected chi connectivity index (χ4v) is 6.32. The van der Waals surface area contributed by atoms with Crippen LogP contribution in [-0.4, -0.2) is 61.0 Å². The summed E-state index contributed by atoms with van der Waals surface area (Å²) in [6.45, 7) is 15.3. The number of carbonyl (C=O) groups is 2. The highest BCUT2D eigenvalue weighted by molar-refractivity contribution is 5.70. The van der Waals surface area contributed by atoms with Gasteiger partial charge < -0.3 is 19.3 Å². The van der Waals surface area contributed by atoms with E-state index in [9.17, 15) is 9.59 Å². The van der Waals surface area contributed by atoms with E-state index in [2.05, 4.69) is 61.8 Å². The van der Waals surface area contributed by atoms with E-state index in [-0.39, 0.29) is 25.2 Å². The van der Waals surface area contributed by atoms with Crippen LogP contribution in [0.5, 0.6) is 0 Å². The van der Waals surface area contributed by atoms with Crippen molar-refractivity contribution in [2.24, 2.45) is 0 Å². The summed E-state index contributed by atoms with van der Waals surface area (Å²) >= 11 is 0. The van der Waals surface area contributed by atoms with Crippen LogP contribution in [0.4, 0.5) is 0 Å². The summed E-state index contributed by atoms with van der Waals surface area (Å²) in [5, 5.41) is 0. The summed E-state index contributed by atoms with van der Waals surface area (Å²) in [4.78, 5) is 30.3. The van der Waals surface area contributed by atoms with Crippen molar-refractivity contribution in [3.63, 3.8) is 0 Å². The first-order valence-electron chi connectivity index (χ1n) is 20.4. The lowest BCUT2D eigenvalue weighted by atomic mass is 10.0. The summed E-state index contributed by atoms with van der Waals surface area (Å²) in [5.74, 6) is -0.279. The van der Waals surface area contributed by atoms with Crippen molar-refractivity contribution in [2.45, 2.75) is 156 Å². The Balaban J connectivity index is 1.80. The van der Waals surface area contributed by atoms with E-state index in [0.29, 0.717) is 12.8 Å². The Morgan fingerprint density at radius 1 is 0.460 bits per heavy atom. The minimum atomic E-state index is -0.139. The Morgan fingerprint density at radius 2 is 0.820 bits per heavy atom. The van der Waals surface area contributed by atoms with Gasteiger partial charge in [0.25, 0.3) is 0 Å². The van der Waals surface area contributed by atoms with Gasteiger partial charge in [0.1, 0.15) is 13.2 Å². The summed E-state index contributed by atoms with van der Waals surface area (Å²) in [5.41, 5.74) is 4.04. The summed E-state index contributed by atoms with van der Waals surface area (Å²) in [6, 6.07) is 16.3. The average Bonchev–Trinajstić information content (AvgIpc) is 3.14. The van der Waals surface area contributed by atoms with Gasteiger partial charge >= 0.3 is 11.9 Å². The molecule has 0 bridgehead atoms. The molecule has 6 nitrogen and oxygen atoms in total. The topological polar surface area (TPSA) is 59.1 Å². The maximum Gasteiger partial charge on any atom is 0.307 e. The van der Waals surface area contributed by atoms with Gasteiger partial charge in [-0.1, -0.05) is 141 Å². The SMILES string of the molecule is CCCCCCCCN(CCCC)CCC(=O)OCc1cccc(-c2cccc(COC(=O)CCN(CCCC)CCCCCCCC)c2)c1. The molecule has 0 atom stereocenters. The number of carbonyl (C=O) groups excluding carboxylic acids is 2. The molecule has 0 heterocycles. The number of esters is 2. The average molecular weight is 693 g/mol. The third kappa shape index (κ3) is 20.8. The van der Waals surface area contributed by atoms with Gasteiger partial charge in [-0.05, 0) is 86.2 Å². The van der Waals surface area contributed by atoms with Crippen LogP contribution in [0.15, 0.2) is 48.5 Å². The number of unbranched alkanes of at least 4 members (excludes halogenated alkanes) is 12. The molecule has 0 saturated carbocycles. The van der Waals surface area contributed by atoms with Crippen molar-refractivity contribution in [3.05, 3.63) is 59.7 Å². The summed E-state index contributed by atoms with van der Waals surface area (Å²) in [7, 11) is 0. The Labute approximate surface area is 306 Å². The van der Waals surface area contributed by atoms with Crippen molar-refractivity contribution in [2.75, 3.05) is 39.3 Å². The van der Waals surface area contributed by atoms with Crippen LogP contribution < -0.4 is 0 Å². The Hall–Kier alpha value is -2.70. The molecule has 0 aromatic heterocycles. The Bertz CT molecular complexity index is 1060. The van der Waals surface area contributed by atoms with Gasteiger partial charge in [0.2, 0.25) is 0 Å². The zero-order valence-corrected chi connectivity index (χ0v) is 32.5. The molecule has 0 spiro atoms. The van der Waals surface area contributed by atoms with E-state index in [4.69, 9.17) is 9.47 Å². The van der Waals surface area contributed by atoms with Crippen molar-refractivity contribution in [3.8, 4) is 11.1 Å². The molecule has 0 amide bonds. The molecule has 0 aliphatic heterocycles. The van der Waals surface area contributed by atoms with Gasteiger partial charge in [0.05, 0.1) is 12.8 Å². The normalized spacial score (nSPS) is 11.4. The zero-order valence-electron chi connectivity index (χ0n) is 32.5. The fourth-order valence-electron chi connectivity index (χ4n) is 6.32. The van der Waals surface area contributed by atoms with E-state index in [0.717, 1.165) is 61.5 Å². The monoisotopic (exact) mass is 693 g/mol. The van der Waals surface area contributed by atoms with Gasteiger partial charge in [-0.25, -0.2) is 0 Å². The van der Waals surface area contributed by atoms with Crippen molar-refractivity contribution >= 4 is 11.9 Å². The number of hydrogen-bond donors (Lipinski definition) is 0. The highest BCUT2D eigenvalue weighted by atomic mass is 16.5. The van der Waals surface area contributed by atoms with E-state index < -0.39 is 0 Å². The molecule has 2 aromatic rings. The minimum Gasteiger partial charge on any atom is -0.461 e. The van der Waals surface area contributed by atoms with Crippen LogP contribution in [-0.2, 0) is 32.3 Å². The van der Waals surface area contributed by atoms with Crippen LogP contribution in [0.2, 0.25) is 0 Å². The second-order valence-electron chi connectivity index (χ2n) is 14.1. The summed E-state index contributed by atoms with van der Waals surface area (Å²) in [6.07, 6.45) is 21.0. The van der Waals surface area contributed by atoms with E-state index in [1.54, 1.807) is 0 Å². The largest absolute Gasteiger partial charge is 0.461 e. The highest BCUT2D eigenvalue weighted by Gasteiger charge is 2.12. The summed E-state index contributed by atoms with van der Waals surface area (Å²) < 4.78 is 11.4. The first-order chi connectivity index (χ1) is 24.5. The lowest BCUT2D eigenvalue weighted by Crippen LogP contribution is -2.29. The quantitative estimate of drug-likeness (QED) is 0.0579. The van der Waals surface area contributed by atoms with Crippen molar-refractivity contribution in [1.29, 1.82) is 0 Å². The second-order valence-corrected chi connectivity index (χ2v) is 14.1. The highest BCUT2D eigenvalue weighted by Crippen LogP contribution is 2.23. The maximum atomic E-state index is 12.7. The van der Waals surface area contributed by atoms with E-state index >= 15 is 0 Å². The van der Waals surface area contributed by atoms with Crippen LogP contribution >= 0.6 is 0 Å². The third-order valence-electron chi connectivity index (χ3n) is 9.56. The molecule has 0 aliphatic carbocycles. The predicted octanol–water partition coefficient (Wildman–Crippen LogP) is 11.1. The molecule has 2 aromatic carbocycles. The van der Waals surface area contributed by atoms with Crippen LogP contribution in [0.25, 0.3) is 11.1 Å². The first-order valence-corrected chi connectivity index (χ1v) is 20.4. The molecular weight excluding hydrogens is 620 g/mol. The van der Waals surface area contributed by atoms with E-state index in [1.165, 1.54) is 103 Å². The van der Waals surface area contributed by atoms with Crippen molar-refractivity contribution in [1.82, 2.24) is 9.80 Å². The lowest BCUT2D eigenvalue weighted by Gasteiger charge is -2.21. The molecule has 0 fully saturated rings. The molecule has 282 valence electrons. The maximum absolute atomic E-state index is 12.7. The van der Waals surface area contributed by atoms with Crippen LogP contribution in [0.1, 0.15) is 154 Å². The molecule has 0 radical (unpaired) electrons. The van der Waals surface area contributed by atoms with Gasteiger partial charge in [-0.2, -0.15) is 0 Å². The molecule has 0 unspecified atom stereocenters. The number of benzene rings is 2. The third-order valence-corrected chi connectivity index (χ3v) is 9.56. The second kappa shape index (κ2) is 28.9. The number of nitrogens with zero attached hydrogens (tertiary/aromatic N) is 2. The Morgan fingerprint density at radius 3 is 1.22 bits per heavy atom. The van der Waals surface area contributed by atoms with Crippen molar-refractivity contribution < 1.29 is 19.1 Å². The van der Waals surface area contributed by atoms with E-state index in [1.807, 2.05) is 24.3 Å². The number of hydrogen-bond acceptors (Lipinski definition) is 6. The Kier molecular flexibility index (Phi) is 25.2. The molecule has 0 aliphatic rings. The predicted molar refractivity (Wildman–Crippen MR) is 210 cm³/mol. The molecule has 6 heteroatoms. The molecule has 2 rings (SSSR count). The minimum absolute atomic E-state index is 0.139. The molecular formula is C44H72N2O4. The number of rotatable bonds is 31. The number of ether oxygens (including phenoxy) is 2. The van der Waals surface area contributed by atoms with Gasteiger partial charge in [0, 0.05) is 13.1 Å². The molecule has 0 saturated heterocycles. The standard InChI is InChI=1S/C44H72N2O4/c1-5-9-13-15-17-19-31-45(29-11-7-3)33-27-43(47)49-37-39-23-21-25-41(35-39)42-26-22-24-40(36-42)38-50-44(48)28-34-46(30-12-8-4)32-20-18-16-14-10-6-2/h21-26,35-36H,5-20,27-34,37-38H2,1-4H3. The van der Waals surface area contributed by atoms with Gasteiger partial charge in [-0.3, -0.25) is 9.59 Å². The van der Waals surface area contributed by atoms with Gasteiger partial charge in [-0.15, -0.1) is 0 Å². The smallest absolute Gasteiger partial charge is 0.307 e. The fraction of sp³-hybridized carbons (Fsp3) is 0.682. The lowest BCUT2D eigenvalue weighted by molar-refractivity contribution is -0.146. The van der Waals surface area contributed by atoms with Gasteiger partial charge in [0.15, 0.2) is 0 Å². The molecule has 0 N–H and O–H groups in total. The van der Waals surface area contributed by atoms with Crippen LogP contribution in [0, 0.1) is 0 Å². The van der Waals surface area contributed by atoms with Crippen LogP contribution in [0.3, 0.4) is 0 Å². The first kappa shape index (κ1) is 43.5. The zero-order chi connectivity index (χ0) is 36.1.